The van der Waals surface area contributed by atoms with Crippen LogP contribution in [0.15, 0.2) is 23.1 Å². The van der Waals surface area contributed by atoms with Crippen molar-refractivity contribution in [2.24, 2.45) is 0 Å². The molecule has 1 saturated heterocycles. The number of anilines is 1. The summed E-state index contributed by atoms with van der Waals surface area (Å²) in [4.78, 5) is 0.813. The Morgan fingerprint density at radius 2 is 2.05 bits per heavy atom. The maximum atomic E-state index is 13.0. The van der Waals surface area contributed by atoms with Gasteiger partial charge in [-0.15, -0.1) is 0 Å². The molecule has 2 unspecified atom stereocenters. The van der Waals surface area contributed by atoms with Gasteiger partial charge in [0.25, 0.3) is 0 Å². The molecule has 1 aliphatic carbocycles. The lowest BCUT2D eigenvalue weighted by atomic mass is 9.80. The molecule has 1 spiro atoms. The van der Waals surface area contributed by atoms with Gasteiger partial charge in [-0.2, -0.15) is 0 Å². The second-order valence-electron chi connectivity index (χ2n) is 6.49. The average molecular weight is 307 g/mol. The number of nitrogen functional groups attached to an aromatic ring is 1. The van der Waals surface area contributed by atoms with Crippen LogP contribution in [0, 0.1) is 6.92 Å². The minimum atomic E-state index is -1.02. The first kappa shape index (κ1) is 15.0. The van der Waals surface area contributed by atoms with Gasteiger partial charge in [0.1, 0.15) is 0 Å². The molecule has 1 aromatic carbocycles. The number of aryl methyl sites for hydroxylation is 1. The predicted octanol–water partition coefficient (Wildman–Crippen LogP) is 3.57. The number of hydrogen-bond acceptors (Lipinski definition) is 3. The zero-order valence-corrected chi connectivity index (χ0v) is 13.6. The van der Waals surface area contributed by atoms with Crippen LogP contribution in [0.3, 0.4) is 0 Å². The van der Waals surface area contributed by atoms with Crippen LogP contribution in [0.25, 0.3) is 0 Å². The number of hydrogen-bond donors (Lipinski definition) is 1. The summed E-state index contributed by atoms with van der Waals surface area (Å²) in [5.74, 6) is 0. The lowest BCUT2D eigenvalue weighted by Crippen LogP contribution is -2.44. The third-order valence-corrected chi connectivity index (χ3v) is 6.81. The van der Waals surface area contributed by atoms with Crippen LogP contribution in [0.2, 0.25) is 0 Å². The summed E-state index contributed by atoms with van der Waals surface area (Å²) in [6, 6.07) is 5.85. The second-order valence-corrected chi connectivity index (χ2v) is 8.19. The highest BCUT2D eigenvalue weighted by Crippen LogP contribution is 2.41. The first-order valence-electron chi connectivity index (χ1n) is 8.01. The number of benzene rings is 1. The van der Waals surface area contributed by atoms with Gasteiger partial charge in [0, 0.05) is 11.9 Å². The molecule has 2 N–H and O–H groups in total. The van der Waals surface area contributed by atoms with Crippen molar-refractivity contribution in [2.45, 2.75) is 67.6 Å². The fourth-order valence-corrected chi connectivity index (χ4v) is 5.43. The third-order valence-electron chi connectivity index (χ3n) is 5.02. The van der Waals surface area contributed by atoms with Crippen LogP contribution >= 0.6 is 0 Å². The normalized spacial score (nSPS) is 26.6. The van der Waals surface area contributed by atoms with E-state index < -0.39 is 10.8 Å². The van der Waals surface area contributed by atoms with Crippen molar-refractivity contribution < 1.29 is 8.95 Å². The van der Waals surface area contributed by atoms with E-state index in [9.17, 15) is 4.21 Å². The highest BCUT2D eigenvalue weighted by molar-refractivity contribution is 7.85. The molecule has 1 heterocycles. The van der Waals surface area contributed by atoms with Gasteiger partial charge < -0.3 is 10.5 Å². The van der Waals surface area contributed by atoms with E-state index in [1.165, 1.54) is 19.3 Å². The highest BCUT2D eigenvalue weighted by Gasteiger charge is 2.40. The number of ether oxygens (including phenoxy) is 1. The zero-order valence-electron chi connectivity index (χ0n) is 12.8. The monoisotopic (exact) mass is 307 g/mol. The summed E-state index contributed by atoms with van der Waals surface area (Å²) in [6.07, 6.45) is 7.85. The Morgan fingerprint density at radius 1 is 1.29 bits per heavy atom. The van der Waals surface area contributed by atoms with Crippen LogP contribution in [0.4, 0.5) is 5.69 Å². The fourth-order valence-electron chi connectivity index (χ4n) is 3.72. The molecular weight excluding hydrogens is 282 g/mol. The molecule has 0 radical (unpaired) electrons. The zero-order chi connectivity index (χ0) is 14.9. The summed E-state index contributed by atoms with van der Waals surface area (Å²) in [7, 11) is -1.02. The molecule has 2 aliphatic rings. The second kappa shape index (κ2) is 6.09. The van der Waals surface area contributed by atoms with Crippen LogP contribution in [0.1, 0.15) is 50.5 Å². The van der Waals surface area contributed by atoms with Gasteiger partial charge in [-0.1, -0.05) is 31.4 Å². The van der Waals surface area contributed by atoms with Crippen molar-refractivity contribution in [1.82, 2.24) is 0 Å². The van der Waals surface area contributed by atoms with E-state index in [0.717, 1.165) is 42.7 Å². The van der Waals surface area contributed by atoms with E-state index in [1.807, 2.05) is 25.1 Å². The van der Waals surface area contributed by atoms with Crippen molar-refractivity contribution in [3.05, 3.63) is 23.8 Å². The van der Waals surface area contributed by atoms with E-state index in [0.29, 0.717) is 5.69 Å². The van der Waals surface area contributed by atoms with Crippen molar-refractivity contribution in [3.8, 4) is 0 Å². The molecule has 2 atom stereocenters. The van der Waals surface area contributed by atoms with Gasteiger partial charge in [0.2, 0.25) is 0 Å². The Hall–Kier alpha value is -0.870. The summed E-state index contributed by atoms with van der Waals surface area (Å²) in [6.45, 7) is 2.71. The molecule has 1 aromatic rings. The van der Waals surface area contributed by atoms with Crippen molar-refractivity contribution >= 4 is 16.5 Å². The van der Waals surface area contributed by atoms with Gasteiger partial charge in [0.05, 0.1) is 27.0 Å². The fraction of sp³-hybridized carbons (Fsp3) is 0.647. The molecule has 2 fully saturated rings. The van der Waals surface area contributed by atoms with Crippen molar-refractivity contribution in [1.29, 1.82) is 0 Å². The van der Waals surface area contributed by atoms with Gasteiger partial charge in [-0.3, -0.25) is 4.21 Å². The molecule has 1 aliphatic heterocycles. The third kappa shape index (κ3) is 3.02. The minimum Gasteiger partial charge on any atom is -0.398 e. The average Bonchev–Trinajstić information content (AvgIpc) is 2.50. The highest BCUT2D eigenvalue weighted by atomic mass is 32.2. The number of nitrogens with two attached hydrogens (primary N) is 1. The Bertz CT molecular complexity index is 532. The van der Waals surface area contributed by atoms with E-state index in [1.54, 1.807) is 0 Å². The standard InChI is InChI=1S/C17H25NO2S/c1-13-6-5-7-15(16(13)18)21(19)14-8-11-20-17(12-14)9-3-2-4-10-17/h5-7,14H,2-4,8-12,18H2,1H3. The SMILES string of the molecule is Cc1cccc(S(=O)C2CCOC3(CCCCC3)C2)c1N. The molecule has 3 nitrogen and oxygen atoms in total. The Labute approximate surface area is 129 Å². The molecule has 3 rings (SSSR count). The maximum absolute atomic E-state index is 13.0. The first-order valence-corrected chi connectivity index (χ1v) is 9.22. The summed E-state index contributed by atoms with van der Waals surface area (Å²) in [5, 5.41) is 0.181. The molecule has 1 saturated carbocycles. The Balaban J connectivity index is 1.79. The minimum absolute atomic E-state index is 0.00455. The molecule has 21 heavy (non-hydrogen) atoms. The maximum Gasteiger partial charge on any atom is 0.0694 e. The number of para-hydroxylation sites is 1. The van der Waals surface area contributed by atoms with Crippen molar-refractivity contribution in [3.63, 3.8) is 0 Å². The molecule has 0 aromatic heterocycles. The van der Waals surface area contributed by atoms with Crippen LogP contribution < -0.4 is 5.73 Å². The molecule has 4 heteroatoms. The first-order chi connectivity index (χ1) is 10.1. The lowest BCUT2D eigenvalue weighted by molar-refractivity contribution is -0.0975. The molecular formula is C17H25NO2S. The largest absolute Gasteiger partial charge is 0.398 e. The van der Waals surface area contributed by atoms with Crippen LogP contribution in [-0.2, 0) is 15.5 Å². The Morgan fingerprint density at radius 3 is 2.81 bits per heavy atom. The van der Waals surface area contributed by atoms with Gasteiger partial charge in [-0.05, 0) is 44.2 Å². The Kier molecular flexibility index (Phi) is 4.36. The summed E-state index contributed by atoms with van der Waals surface area (Å²) in [5.41, 5.74) is 7.84. The summed E-state index contributed by atoms with van der Waals surface area (Å²) < 4.78 is 19.1. The lowest BCUT2D eigenvalue weighted by Gasteiger charge is -2.43. The summed E-state index contributed by atoms with van der Waals surface area (Å²) >= 11 is 0. The van der Waals surface area contributed by atoms with Gasteiger partial charge in [-0.25, -0.2) is 0 Å². The smallest absolute Gasteiger partial charge is 0.0694 e. The van der Waals surface area contributed by atoms with Gasteiger partial charge >= 0.3 is 0 Å². The molecule has 116 valence electrons. The quantitative estimate of drug-likeness (QED) is 0.850. The van der Waals surface area contributed by atoms with E-state index in [2.05, 4.69) is 0 Å². The topological polar surface area (TPSA) is 52.3 Å². The number of rotatable bonds is 2. The van der Waals surface area contributed by atoms with E-state index >= 15 is 0 Å². The molecule has 0 bridgehead atoms. The van der Waals surface area contributed by atoms with Crippen molar-refractivity contribution in [2.75, 3.05) is 12.3 Å². The van der Waals surface area contributed by atoms with E-state index in [-0.39, 0.29) is 10.9 Å². The van der Waals surface area contributed by atoms with Crippen LogP contribution in [-0.4, -0.2) is 21.7 Å². The van der Waals surface area contributed by atoms with Gasteiger partial charge in [0.15, 0.2) is 0 Å². The van der Waals surface area contributed by atoms with Crippen LogP contribution in [0.5, 0.6) is 0 Å². The molecule has 0 amide bonds. The predicted molar refractivity (Wildman–Crippen MR) is 86.8 cm³/mol. The van der Waals surface area contributed by atoms with E-state index in [4.69, 9.17) is 10.5 Å².